The summed E-state index contributed by atoms with van der Waals surface area (Å²) in [7, 11) is 0.971. The Bertz CT molecular complexity index is 736. The number of allylic oxidation sites excluding steroid dienone is 1. The van der Waals surface area contributed by atoms with Crippen LogP contribution in [0.25, 0.3) is 0 Å². The molecule has 2 rings (SSSR count). The maximum atomic E-state index is 12.3. The van der Waals surface area contributed by atoms with Crippen LogP contribution in [0.2, 0.25) is 0 Å². The smallest absolute Gasteiger partial charge is 0.497 e. The van der Waals surface area contributed by atoms with Gasteiger partial charge in [-0.05, 0) is 72.6 Å². The molecule has 0 atom stereocenters. The van der Waals surface area contributed by atoms with E-state index in [9.17, 15) is 4.79 Å². The second-order valence-corrected chi connectivity index (χ2v) is 8.92. The minimum Gasteiger partial charge on any atom is -0.497 e. The fourth-order valence-electron chi connectivity index (χ4n) is 2.94. The van der Waals surface area contributed by atoms with Crippen molar-refractivity contribution in [1.29, 1.82) is 0 Å². The van der Waals surface area contributed by atoms with Crippen LogP contribution < -0.4 is 15.5 Å². The van der Waals surface area contributed by atoms with Crippen molar-refractivity contribution in [1.82, 2.24) is 0 Å². The lowest BCUT2D eigenvalue weighted by Crippen LogP contribution is -2.41. The van der Waals surface area contributed by atoms with E-state index in [0.717, 1.165) is 11.0 Å². The lowest BCUT2D eigenvalue weighted by molar-refractivity contribution is 0.00578. The van der Waals surface area contributed by atoms with E-state index in [1.54, 1.807) is 25.3 Å². The summed E-state index contributed by atoms with van der Waals surface area (Å²) in [5, 5.41) is 2.83. The van der Waals surface area contributed by atoms with Gasteiger partial charge >= 0.3 is 13.2 Å². The summed E-state index contributed by atoms with van der Waals surface area (Å²) in [5.74, 6) is 0.630. The molecule has 1 aromatic rings. The van der Waals surface area contributed by atoms with Gasteiger partial charge in [0.25, 0.3) is 0 Å². The minimum absolute atomic E-state index is 0.497. The summed E-state index contributed by atoms with van der Waals surface area (Å²) in [6.45, 7) is 17.3. The third-order valence-corrected chi connectivity index (χ3v) is 5.01. The number of carbonyl (C=O) groups excluding carboxylic acids is 1. The number of benzene rings is 1. The first kappa shape index (κ1) is 22.3. The molecule has 1 amide bonds. The van der Waals surface area contributed by atoms with E-state index < -0.39 is 30.0 Å². The molecule has 0 aromatic heterocycles. The Morgan fingerprint density at radius 1 is 1.21 bits per heavy atom. The van der Waals surface area contributed by atoms with Crippen molar-refractivity contribution in [2.75, 3.05) is 12.4 Å². The van der Waals surface area contributed by atoms with Crippen LogP contribution >= 0.6 is 0 Å². The molecule has 1 aliphatic heterocycles. The van der Waals surface area contributed by atoms with Crippen LogP contribution in [0.15, 0.2) is 24.8 Å². The van der Waals surface area contributed by atoms with E-state index in [0.29, 0.717) is 17.9 Å². The van der Waals surface area contributed by atoms with Crippen LogP contribution in [0, 0.1) is 0 Å². The predicted octanol–water partition coefficient (Wildman–Crippen LogP) is 4.07. The number of carbonyl (C=O) groups is 1. The number of hydrogen-bond donors (Lipinski definition) is 1. The zero-order valence-electron chi connectivity index (χ0n) is 18.3. The SMILES string of the molecule is C=CCc1c(NC(=O)OC(C)(C)C)ccc(OC)c1B1OC(C)(C)C(C)(C)O1. The molecule has 0 radical (unpaired) electrons. The molecule has 1 aromatic carbocycles. The quantitative estimate of drug-likeness (QED) is 0.608. The van der Waals surface area contributed by atoms with Gasteiger partial charge in [0.2, 0.25) is 0 Å². The van der Waals surface area contributed by atoms with Gasteiger partial charge < -0.3 is 18.8 Å². The largest absolute Gasteiger partial charge is 0.499 e. The highest BCUT2D eigenvalue weighted by atomic mass is 16.7. The number of hydrogen-bond acceptors (Lipinski definition) is 5. The normalized spacial score (nSPS) is 17.9. The third-order valence-electron chi connectivity index (χ3n) is 5.01. The van der Waals surface area contributed by atoms with Gasteiger partial charge in [0.05, 0.1) is 18.3 Å². The molecule has 7 heteroatoms. The van der Waals surface area contributed by atoms with Gasteiger partial charge in [-0.3, -0.25) is 5.32 Å². The average molecular weight is 389 g/mol. The Balaban J connectivity index is 2.49. The zero-order valence-corrected chi connectivity index (χ0v) is 18.3. The molecule has 154 valence electrons. The molecule has 6 nitrogen and oxygen atoms in total. The highest BCUT2D eigenvalue weighted by Crippen LogP contribution is 2.38. The van der Waals surface area contributed by atoms with Crippen LogP contribution in [0.1, 0.15) is 54.0 Å². The first-order valence-corrected chi connectivity index (χ1v) is 9.47. The Labute approximate surface area is 168 Å². The van der Waals surface area contributed by atoms with Crippen LogP contribution in [0.3, 0.4) is 0 Å². The summed E-state index contributed by atoms with van der Waals surface area (Å²) in [5.41, 5.74) is 0.586. The molecule has 28 heavy (non-hydrogen) atoms. The molecule has 0 spiro atoms. The van der Waals surface area contributed by atoms with Crippen molar-refractivity contribution >= 4 is 24.4 Å². The first-order chi connectivity index (χ1) is 12.8. The van der Waals surface area contributed by atoms with E-state index in [1.165, 1.54) is 0 Å². The van der Waals surface area contributed by atoms with Gasteiger partial charge in [0, 0.05) is 11.2 Å². The molecule has 1 heterocycles. The van der Waals surface area contributed by atoms with Crippen LogP contribution in [-0.2, 0) is 20.5 Å². The zero-order chi connectivity index (χ0) is 21.3. The van der Waals surface area contributed by atoms with Gasteiger partial charge in [0.15, 0.2) is 0 Å². The van der Waals surface area contributed by atoms with Crippen LogP contribution in [-0.4, -0.2) is 37.1 Å². The van der Waals surface area contributed by atoms with E-state index in [1.807, 2.05) is 48.5 Å². The molecule has 1 fully saturated rings. The second kappa shape index (κ2) is 7.80. The lowest BCUT2D eigenvalue weighted by atomic mass is 9.74. The first-order valence-electron chi connectivity index (χ1n) is 9.47. The van der Waals surface area contributed by atoms with Gasteiger partial charge in [-0.2, -0.15) is 0 Å². The number of rotatable bonds is 5. The Morgan fingerprint density at radius 3 is 2.25 bits per heavy atom. The predicted molar refractivity (Wildman–Crippen MR) is 112 cm³/mol. The van der Waals surface area contributed by atoms with Crippen molar-refractivity contribution in [2.45, 2.75) is 71.7 Å². The summed E-state index contributed by atoms with van der Waals surface area (Å²) in [6.07, 6.45) is 1.74. The van der Waals surface area contributed by atoms with Gasteiger partial charge in [-0.1, -0.05) is 6.08 Å². The van der Waals surface area contributed by atoms with Crippen molar-refractivity contribution in [3.05, 3.63) is 30.4 Å². The fourth-order valence-corrected chi connectivity index (χ4v) is 2.94. The molecule has 0 aliphatic carbocycles. The summed E-state index contributed by atoms with van der Waals surface area (Å²) in [4.78, 5) is 12.3. The fraction of sp³-hybridized carbons (Fsp3) is 0.571. The summed E-state index contributed by atoms with van der Waals surface area (Å²) in [6, 6.07) is 3.58. The van der Waals surface area contributed by atoms with Gasteiger partial charge in [-0.15, -0.1) is 6.58 Å². The highest BCUT2D eigenvalue weighted by molar-refractivity contribution is 6.64. The molecular formula is C21H32BNO5. The molecule has 1 saturated heterocycles. The molecule has 1 aliphatic rings. The van der Waals surface area contributed by atoms with Crippen LogP contribution in [0.5, 0.6) is 5.75 Å². The van der Waals surface area contributed by atoms with Gasteiger partial charge in [-0.25, -0.2) is 4.79 Å². The number of anilines is 1. The summed E-state index contributed by atoms with van der Waals surface area (Å²) < 4.78 is 23.5. The van der Waals surface area contributed by atoms with E-state index in [2.05, 4.69) is 11.9 Å². The standard InChI is InChI=1S/C21H32BNO5/c1-10-11-14-15(23-18(24)26-19(2,3)4)12-13-16(25-9)17(14)22-27-20(5,6)21(7,8)28-22/h10,12-13H,1,11H2,2-9H3,(H,23,24). The minimum atomic E-state index is -0.629. The Hall–Kier alpha value is -1.99. The average Bonchev–Trinajstić information content (AvgIpc) is 2.74. The molecule has 0 bridgehead atoms. The van der Waals surface area contributed by atoms with Crippen LogP contribution in [0.4, 0.5) is 10.5 Å². The van der Waals surface area contributed by atoms with E-state index in [-0.39, 0.29) is 0 Å². The van der Waals surface area contributed by atoms with E-state index >= 15 is 0 Å². The number of ether oxygens (including phenoxy) is 2. The highest BCUT2D eigenvalue weighted by Gasteiger charge is 2.53. The van der Waals surface area contributed by atoms with Crippen molar-refractivity contribution < 1.29 is 23.6 Å². The van der Waals surface area contributed by atoms with Crippen molar-refractivity contribution in [2.24, 2.45) is 0 Å². The van der Waals surface area contributed by atoms with Gasteiger partial charge in [0.1, 0.15) is 11.4 Å². The topological polar surface area (TPSA) is 66.0 Å². The maximum Gasteiger partial charge on any atom is 0.499 e. The maximum absolute atomic E-state index is 12.3. The number of amides is 1. The molecule has 0 unspecified atom stereocenters. The van der Waals surface area contributed by atoms with E-state index in [4.69, 9.17) is 18.8 Å². The third kappa shape index (κ3) is 4.70. The Morgan fingerprint density at radius 2 is 1.79 bits per heavy atom. The monoisotopic (exact) mass is 389 g/mol. The number of nitrogens with one attached hydrogen (secondary N) is 1. The number of methoxy groups -OCH3 is 1. The molecular weight excluding hydrogens is 357 g/mol. The van der Waals surface area contributed by atoms with Crippen molar-refractivity contribution in [3.63, 3.8) is 0 Å². The Kier molecular flexibility index (Phi) is 6.21. The second-order valence-electron chi connectivity index (χ2n) is 8.92. The van der Waals surface area contributed by atoms with Crippen molar-refractivity contribution in [3.8, 4) is 5.75 Å². The molecule has 0 saturated carbocycles. The summed E-state index contributed by atoms with van der Waals surface area (Å²) >= 11 is 0. The lowest BCUT2D eigenvalue weighted by Gasteiger charge is -2.32. The molecule has 1 N–H and O–H groups in total.